The van der Waals surface area contributed by atoms with E-state index in [1.807, 2.05) is 38.1 Å². The van der Waals surface area contributed by atoms with Crippen LogP contribution in [0, 0.1) is 13.8 Å². The number of aryl methyl sites for hydroxylation is 2. The van der Waals surface area contributed by atoms with Crippen molar-refractivity contribution in [3.05, 3.63) is 59.7 Å². The lowest BCUT2D eigenvalue weighted by Crippen LogP contribution is -2.33. The van der Waals surface area contributed by atoms with Gasteiger partial charge in [0.2, 0.25) is 0 Å². The third-order valence-corrected chi connectivity index (χ3v) is 4.44. The molecule has 0 radical (unpaired) electrons. The van der Waals surface area contributed by atoms with Gasteiger partial charge in [-0.1, -0.05) is 35.4 Å². The Morgan fingerprint density at radius 3 is 1.25 bits per heavy atom. The van der Waals surface area contributed by atoms with Gasteiger partial charge in [0.15, 0.2) is 0 Å². The molecule has 0 aliphatic heterocycles. The molecule has 2 aromatic rings. The van der Waals surface area contributed by atoms with Gasteiger partial charge >= 0.3 is 12.3 Å². The molecule has 0 unspecified atom stereocenters. The molecule has 0 aliphatic rings. The first-order valence-electron chi connectivity index (χ1n) is 10.2. The maximum absolute atomic E-state index is 11.8. The van der Waals surface area contributed by atoms with Crippen molar-refractivity contribution < 1.29 is 38.6 Å². The van der Waals surface area contributed by atoms with E-state index in [-0.39, 0.29) is 0 Å². The van der Waals surface area contributed by atoms with E-state index in [1.54, 1.807) is 52.0 Å². The maximum Gasteiger partial charge on any atom is 0.546 e. The predicted molar refractivity (Wildman–Crippen MR) is 116 cm³/mol. The second-order valence-electron chi connectivity index (χ2n) is 8.68. The Balaban J connectivity index is 1.72. The largest absolute Gasteiger partial charge is 0.546 e. The molecule has 0 amide bonds. The molecule has 8 nitrogen and oxygen atoms in total. The Morgan fingerprint density at radius 2 is 0.938 bits per heavy atom. The highest BCUT2D eigenvalue weighted by atomic mass is 17.2. The van der Waals surface area contributed by atoms with Crippen molar-refractivity contribution in [2.45, 2.75) is 65.6 Å². The predicted octanol–water partition coefficient (Wildman–Crippen LogP) is 6.24. The highest BCUT2D eigenvalue weighted by molar-refractivity contribution is 5.63. The molecule has 0 atom stereocenters. The van der Waals surface area contributed by atoms with Crippen molar-refractivity contribution in [3.8, 4) is 11.5 Å². The second-order valence-corrected chi connectivity index (χ2v) is 8.68. The summed E-state index contributed by atoms with van der Waals surface area (Å²) < 4.78 is 10.1. The van der Waals surface area contributed by atoms with Gasteiger partial charge < -0.3 is 9.47 Å². The van der Waals surface area contributed by atoms with E-state index in [9.17, 15) is 9.59 Å². The summed E-state index contributed by atoms with van der Waals surface area (Å²) in [6.07, 6.45) is -1.10. The minimum absolute atomic E-state index is 0.353. The number of carbonyl (C=O) groups excluding carboxylic acids is 2. The van der Waals surface area contributed by atoms with Crippen LogP contribution in [0.2, 0.25) is 0 Å². The van der Waals surface area contributed by atoms with Crippen molar-refractivity contribution in [3.63, 3.8) is 0 Å². The molecule has 0 aromatic heterocycles. The summed E-state index contributed by atoms with van der Waals surface area (Å²) in [6.45, 7) is 10.8. The van der Waals surface area contributed by atoms with Gasteiger partial charge in [-0.2, -0.15) is 9.78 Å². The van der Waals surface area contributed by atoms with Crippen LogP contribution in [0.3, 0.4) is 0 Å². The summed E-state index contributed by atoms with van der Waals surface area (Å²) in [5.41, 5.74) is 0.408. The maximum atomic E-state index is 11.8. The van der Waals surface area contributed by atoms with Crippen LogP contribution in [0.25, 0.3) is 0 Å². The first-order chi connectivity index (χ1) is 14.9. The number of benzene rings is 2. The normalized spacial score (nSPS) is 11.6. The van der Waals surface area contributed by atoms with Gasteiger partial charge in [-0.15, -0.1) is 0 Å². The Hall–Kier alpha value is -3.10. The van der Waals surface area contributed by atoms with E-state index in [0.29, 0.717) is 24.3 Å². The van der Waals surface area contributed by atoms with Crippen LogP contribution in [0.4, 0.5) is 9.59 Å². The fraction of sp³-hybridized carbons (Fsp3) is 0.417. The van der Waals surface area contributed by atoms with Crippen molar-refractivity contribution in [2.75, 3.05) is 0 Å². The Kier molecular flexibility index (Phi) is 8.63. The third-order valence-electron chi connectivity index (χ3n) is 4.44. The fourth-order valence-corrected chi connectivity index (χ4v) is 2.42. The van der Waals surface area contributed by atoms with Crippen molar-refractivity contribution in [1.29, 1.82) is 0 Å². The van der Waals surface area contributed by atoms with E-state index in [1.165, 1.54) is 0 Å². The SMILES string of the molecule is Cc1ccc(OC(=O)OOC(C)(C)CCC(C)(C)OOC(=O)Oc2ccc(C)cc2)cc1. The van der Waals surface area contributed by atoms with Gasteiger partial charge in [0.25, 0.3) is 0 Å². The zero-order valence-corrected chi connectivity index (χ0v) is 19.3. The van der Waals surface area contributed by atoms with Crippen LogP contribution in [0.1, 0.15) is 51.7 Å². The lowest BCUT2D eigenvalue weighted by atomic mass is 9.94. The summed E-state index contributed by atoms with van der Waals surface area (Å²) in [7, 11) is 0. The zero-order chi connectivity index (χ0) is 23.8. The van der Waals surface area contributed by atoms with Gasteiger partial charge in [-0.25, -0.2) is 9.59 Å². The molecule has 0 N–H and O–H groups in total. The van der Waals surface area contributed by atoms with Crippen LogP contribution in [0.5, 0.6) is 11.5 Å². The minimum Gasteiger partial charge on any atom is -0.393 e. The summed E-state index contributed by atoms with van der Waals surface area (Å²) >= 11 is 0. The van der Waals surface area contributed by atoms with Crippen LogP contribution < -0.4 is 9.47 Å². The average Bonchev–Trinajstić information content (AvgIpc) is 2.73. The van der Waals surface area contributed by atoms with E-state index in [2.05, 4.69) is 0 Å². The molecule has 0 saturated carbocycles. The van der Waals surface area contributed by atoms with Gasteiger partial charge in [-0.3, -0.25) is 9.78 Å². The standard InChI is InChI=1S/C24H30O8/c1-17-7-11-19(12-8-17)27-21(25)29-31-23(3,4)15-16-24(5,6)32-30-22(26)28-20-13-9-18(2)10-14-20/h7-14H,15-16H2,1-6H3. The quantitative estimate of drug-likeness (QED) is 0.194. The first-order valence-corrected chi connectivity index (χ1v) is 10.2. The van der Waals surface area contributed by atoms with Crippen molar-refractivity contribution >= 4 is 12.3 Å². The van der Waals surface area contributed by atoms with Crippen LogP contribution in [0.15, 0.2) is 48.5 Å². The molecule has 32 heavy (non-hydrogen) atoms. The van der Waals surface area contributed by atoms with E-state index in [0.717, 1.165) is 11.1 Å². The highest BCUT2D eigenvalue weighted by Crippen LogP contribution is 2.26. The average molecular weight is 446 g/mol. The molecule has 174 valence electrons. The Morgan fingerprint density at radius 1 is 0.625 bits per heavy atom. The summed E-state index contributed by atoms with van der Waals surface area (Å²) in [5, 5.41) is 0. The highest BCUT2D eigenvalue weighted by Gasteiger charge is 2.30. The van der Waals surface area contributed by atoms with Gasteiger partial charge in [0.1, 0.15) is 22.7 Å². The first kappa shape index (κ1) is 25.2. The monoisotopic (exact) mass is 446 g/mol. The van der Waals surface area contributed by atoms with E-state index < -0.39 is 23.5 Å². The van der Waals surface area contributed by atoms with Crippen LogP contribution in [-0.4, -0.2) is 23.5 Å². The second kappa shape index (κ2) is 11.0. The summed E-state index contributed by atoms with van der Waals surface area (Å²) in [6, 6.07) is 13.9. The van der Waals surface area contributed by atoms with Crippen LogP contribution in [-0.2, 0) is 19.6 Å². The zero-order valence-electron chi connectivity index (χ0n) is 19.3. The summed E-state index contributed by atoms with van der Waals surface area (Å²) in [4.78, 5) is 43.7. The fourth-order valence-electron chi connectivity index (χ4n) is 2.42. The lowest BCUT2D eigenvalue weighted by Gasteiger charge is -2.28. The number of ether oxygens (including phenoxy) is 2. The number of hydrogen-bond donors (Lipinski definition) is 0. The van der Waals surface area contributed by atoms with Crippen molar-refractivity contribution in [1.82, 2.24) is 0 Å². The number of hydrogen-bond acceptors (Lipinski definition) is 8. The molecule has 0 bridgehead atoms. The van der Waals surface area contributed by atoms with E-state index >= 15 is 0 Å². The molecule has 0 spiro atoms. The number of carbonyl (C=O) groups is 2. The Labute approximate surface area is 188 Å². The van der Waals surface area contributed by atoms with Gasteiger partial charge in [-0.05, 0) is 78.6 Å². The minimum atomic E-state index is -0.973. The summed E-state index contributed by atoms with van der Waals surface area (Å²) in [5.74, 6) is 0.706. The molecular weight excluding hydrogens is 416 g/mol. The van der Waals surface area contributed by atoms with E-state index in [4.69, 9.17) is 29.0 Å². The molecule has 2 rings (SSSR count). The molecule has 8 heteroatoms. The number of rotatable bonds is 9. The molecular formula is C24H30O8. The van der Waals surface area contributed by atoms with Crippen molar-refractivity contribution in [2.24, 2.45) is 0 Å². The molecule has 0 aliphatic carbocycles. The smallest absolute Gasteiger partial charge is 0.393 e. The van der Waals surface area contributed by atoms with Gasteiger partial charge in [0, 0.05) is 0 Å². The molecule has 0 heterocycles. The topological polar surface area (TPSA) is 89.5 Å². The Bertz CT molecular complexity index is 810. The van der Waals surface area contributed by atoms with Crippen LogP contribution >= 0.6 is 0 Å². The third kappa shape index (κ3) is 9.36. The lowest BCUT2D eigenvalue weighted by molar-refractivity contribution is -0.331. The molecule has 2 aromatic carbocycles. The molecule has 0 fully saturated rings. The molecule has 0 saturated heterocycles. The van der Waals surface area contributed by atoms with Gasteiger partial charge in [0.05, 0.1) is 0 Å².